The Hall–Kier alpha value is -2.36. The van der Waals surface area contributed by atoms with E-state index in [1.807, 2.05) is 0 Å². The van der Waals surface area contributed by atoms with E-state index < -0.39 is 5.91 Å². The molecular weight excluding hydrogens is 204 g/mol. The van der Waals surface area contributed by atoms with Gasteiger partial charge in [0, 0.05) is 18.0 Å². The van der Waals surface area contributed by atoms with E-state index >= 15 is 0 Å². The highest BCUT2D eigenvalue weighted by Crippen LogP contribution is 2.20. The summed E-state index contributed by atoms with van der Waals surface area (Å²) in [4.78, 5) is 14.7. The third-order valence-electron chi connectivity index (χ3n) is 2.02. The molecular formula is C12H10N2O2. The van der Waals surface area contributed by atoms with Gasteiger partial charge in [-0.3, -0.25) is 9.78 Å². The van der Waals surface area contributed by atoms with Crippen LogP contribution in [0.1, 0.15) is 10.4 Å². The van der Waals surface area contributed by atoms with Crippen molar-refractivity contribution in [1.82, 2.24) is 4.98 Å². The van der Waals surface area contributed by atoms with Crippen molar-refractivity contribution in [2.75, 3.05) is 0 Å². The molecule has 0 saturated heterocycles. The minimum absolute atomic E-state index is 0.449. The van der Waals surface area contributed by atoms with E-state index in [1.54, 1.807) is 48.8 Å². The van der Waals surface area contributed by atoms with E-state index in [0.29, 0.717) is 17.1 Å². The van der Waals surface area contributed by atoms with Gasteiger partial charge in [0.2, 0.25) is 5.91 Å². The van der Waals surface area contributed by atoms with Crippen LogP contribution in [-0.2, 0) is 0 Å². The fourth-order valence-electron chi connectivity index (χ4n) is 1.23. The lowest BCUT2D eigenvalue weighted by molar-refractivity contribution is 0.100. The van der Waals surface area contributed by atoms with E-state index in [0.717, 1.165) is 0 Å². The van der Waals surface area contributed by atoms with Crippen molar-refractivity contribution in [3.63, 3.8) is 0 Å². The van der Waals surface area contributed by atoms with Gasteiger partial charge in [-0.25, -0.2) is 0 Å². The van der Waals surface area contributed by atoms with Crippen LogP contribution in [0.5, 0.6) is 11.5 Å². The number of hydrogen-bond donors (Lipinski definition) is 1. The molecule has 1 amide bonds. The Balaban J connectivity index is 2.14. The number of primary amides is 1. The van der Waals surface area contributed by atoms with Gasteiger partial charge in [-0.15, -0.1) is 0 Å². The minimum Gasteiger partial charge on any atom is -0.457 e. The molecule has 0 fully saturated rings. The van der Waals surface area contributed by atoms with E-state index in [-0.39, 0.29) is 0 Å². The van der Waals surface area contributed by atoms with Crippen LogP contribution in [-0.4, -0.2) is 10.9 Å². The zero-order valence-corrected chi connectivity index (χ0v) is 8.46. The van der Waals surface area contributed by atoms with Gasteiger partial charge in [-0.05, 0) is 36.4 Å². The second-order valence-electron chi connectivity index (χ2n) is 3.17. The van der Waals surface area contributed by atoms with Crippen molar-refractivity contribution >= 4 is 5.91 Å². The number of nitrogens with zero attached hydrogens (tertiary/aromatic N) is 1. The highest BCUT2D eigenvalue weighted by molar-refractivity contribution is 5.92. The summed E-state index contributed by atoms with van der Waals surface area (Å²) in [6.45, 7) is 0. The first-order valence-electron chi connectivity index (χ1n) is 4.73. The zero-order chi connectivity index (χ0) is 11.4. The molecule has 0 aliphatic heterocycles. The third kappa shape index (κ3) is 2.36. The second kappa shape index (κ2) is 4.44. The molecule has 80 valence electrons. The summed E-state index contributed by atoms with van der Waals surface area (Å²) in [6.07, 6.45) is 3.29. The van der Waals surface area contributed by atoms with Crippen LogP contribution in [0.15, 0.2) is 48.8 Å². The summed E-state index contributed by atoms with van der Waals surface area (Å²) in [5, 5.41) is 0. The van der Waals surface area contributed by atoms with Gasteiger partial charge in [0.25, 0.3) is 0 Å². The Morgan fingerprint density at radius 2 is 1.56 bits per heavy atom. The number of ether oxygens (including phenoxy) is 1. The highest BCUT2D eigenvalue weighted by Gasteiger charge is 2.00. The summed E-state index contributed by atoms with van der Waals surface area (Å²) in [6, 6.07) is 10.1. The predicted octanol–water partition coefficient (Wildman–Crippen LogP) is 1.97. The van der Waals surface area contributed by atoms with Crippen LogP contribution in [0, 0.1) is 0 Å². The molecule has 0 saturated carbocycles. The summed E-state index contributed by atoms with van der Waals surface area (Å²) in [7, 11) is 0. The van der Waals surface area contributed by atoms with Gasteiger partial charge in [0.1, 0.15) is 11.5 Å². The molecule has 1 heterocycles. The standard InChI is InChI=1S/C12H10N2O2/c13-12(15)9-1-3-10(4-2-9)16-11-5-7-14-8-6-11/h1-8H,(H2,13,15). The number of nitrogens with two attached hydrogens (primary N) is 1. The first-order chi connectivity index (χ1) is 7.75. The van der Waals surface area contributed by atoms with Gasteiger partial charge < -0.3 is 10.5 Å². The van der Waals surface area contributed by atoms with Crippen molar-refractivity contribution < 1.29 is 9.53 Å². The Labute approximate surface area is 92.7 Å². The molecule has 1 aromatic carbocycles. The summed E-state index contributed by atoms with van der Waals surface area (Å²) in [5.74, 6) is 0.897. The average Bonchev–Trinajstić information content (AvgIpc) is 2.31. The maximum Gasteiger partial charge on any atom is 0.248 e. The van der Waals surface area contributed by atoms with Gasteiger partial charge in [-0.2, -0.15) is 0 Å². The highest BCUT2D eigenvalue weighted by atomic mass is 16.5. The van der Waals surface area contributed by atoms with Crippen molar-refractivity contribution in [3.05, 3.63) is 54.4 Å². The van der Waals surface area contributed by atoms with E-state index in [1.165, 1.54) is 0 Å². The molecule has 2 rings (SSSR count). The summed E-state index contributed by atoms with van der Waals surface area (Å²) < 4.78 is 5.52. The lowest BCUT2D eigenvalue weighted by Gasteiger charge is -2.04. The van der Waals surface area contributed by atoms with Crippen molar-refractivity contribution in [3.8, 4) is 11.5 Å². The lowest BCUT2D eigenvalue weighted by atomic mass is 10.2. The van der Waals surface area contributed by atoms with Crippen LogP contribution in [0.4, 0.5) is 0 Å². The third-order valence-corrected chi connectivity index (χ3v) is 2.02. The predicted molar refractivity (Wildman–Crippen MR) is 59.3 cm³/mol. The quantitative estimate of drug-likeness (QED) is 0.849. The van der Waals surface area contributed by atoms with Crippen LogP contribution in [0.25, 0.3) is 0 Å². The fourth-order valence-corrected chi connectivity index (χ4v) is 1.23. The molecule has 1 aromatic heterocycles. The molecule has 0 aliphatic rings. The average molecular weight is 214 g/mol. The topological polar surface area (TPSA) is 65.2 Å². The Morgan fingerprint density at radius 3 is 2.12 bits per heavy atom. The van der Waals surface area contributed by atoms with Gasteiger partial charge >= 0.3 is 0 Å². The molecule has 4 nitrogen and oxygen atoms in total. The van der Waals surface area contributed by atoms with E-state index in [2.05, 4.69) is 4.98 Å². The summed E-state index contributed by atoms with van der Waals surface area (Å²) in [5.41, 5.74) is 5.59. The number of rotatable bonds is 3. The molecule has 2 N–H and O–H groups in total. The molecule has 16 heavy (non-hydrogen) atoms. The molecule has 0 bridgehead atoms. The molecule has 0 unspecified atom stereocenters. The SMILES string of the molecule is NC(=O)c1ccc(Oc2ccncc2)cc1. The normalized spacial score (nSPS) is 9.75. The van der Waals surface area contributed by atoms with Crippen LogP contribution < -0.4 is 10.5 Å². The van der Waals surface area contributed by atoms with Crippen molar-refractivity contribution in [2.45, 2.75) is 0 Å². The Kier molecular flexibility index (Phi) is 2.82. The van der Waals surface area contributed by atoms with E-state index in [4.69, 9.17) is 10.5 Å². The molecule has 0 spiro atoms. The second-order valence-corrected chi connectivity index (χ2v) is 3.17. The monoisotopic (exact) mass is 214 g/mol. The van der Waals surface area contributed by atoms with Gasteiger partial charge in [0.15, 0.2) is 0 Å². The Bertz CT molecular complexity index is 480. The number of hydrogen-bond acceptors (Lipinski definition) is 3. The number of pyridine rings is 1. The number of carbonyl (C=O) groups excluding carboxylic acids is 1. The maximum absolute atomic E-state index is 10.8. The van der Waals surface area contributed by atoms with Gasteiger partial charge in [-0.1, -0.05) is 0 Å². The largest absolute Gasteiger partial charge is 0.457 e. The molecule has 0 atom stereocenters. The zero-order valence-electron chi connectivity index (χ0n) is 8.46. The first-order valence-corrected chi connectivity index (χ1v) is 4.73. The van der Waals surface area contributed by atoms with Crippen LogP contribution in [0.3, 0.4) is 0 Å². The summed E-state index contributed by atoms with van der Waals surface area (Å²) >= 11 is 0. The Morgan fingerprint density at radius 1 is 1.00 bits per heavy atom. The minimum atomic E-state index is -0.449. The van der Waals surface area contributed by atoms with Crippen molar-refractivity contribution in [2.24, 2.45) is 5.73 Å². The molecule has 2 aromatic rings. The first kappa shape index (κ1) is 10.2. The van der Waals surface area contributed by atoms with Crippen LogP contribution in [0.2, 0.25) is 0 Å². The van der Waals surface area contributed by atoms with Crippen molar-refractivity contribution in [1.29, 1.82) is 0 Å². The smallest absolute Gasteiger partial charge is 0.248 e. The number of carbonyl (C=O) groups is 1. The molecule has 0 radical (unpaired) electrons. The number of aromatic nitrogens is 1. The number of amides is 1. The number of benzene rings is 1. The van der Waals surface area contributed by atoms with Crippen LogP contribution >= 0.6 is 0 Å². The van der Waals surface area contributed by atoms with Gasteiger partial charge in [0.05, 0.1) is 0 Å². The lowest BCUT2D eigenvalue weighted by Crippen LogP contribution is -2.10. The maximum atomic E-state index is 10.8. The molecule has 0 aliphatic carbocycles. The fraction of sp³-hybridized carbons (Fsp3) is 0. The molecule has 4 heteroatoms. The van der Waals surface area contributed by atoms with E-state index in [9.17, 15) is 4.79 Å².